The van der Waals surface area contributed by atoms with Gasteiger partial charge in [0.2, 0.25) is 0 Å². The minimum atomic E-state index is -0.449. The number of carbonyl (C=O) groups is 1. The van der Waals surface area contributed by atoms with Crippen LogP contribution in [0.4, 0.5) is 11.4 Å². The van der Waals surface area contributed by atoms with Gasteiger partial charge in [-0.1, -0.05) is 12.1 Å². The van der Waals surface area contributed by atoms with Gasteiger partial charge in [0.25, 0.3) is 11.6 Å². The number of amides is 1. The third kappa shape index (κ3) is 5.82. The summed E-state index contributed by atoms with van der Waals surface area (Å²) >= 11 is 0. The zero-order valence-electron chi connectivity index (χ0n) is 17.4. The van der Waals surface area contributed by atoms with E-state index in [2.05, 4.69) is 10.5 Å². The number of nitrogen functional groups attached to an aromatic ring is 1. The minimum absolute atomic E-state index is 0.0226. The summed E-state index contributed by atoms with van der Waals surface area (Å²) in [7, 11) is 0. The molecule has 0 bridgehead atoms. The van der Waals surface area contributed by atoms with Crippen molar-refractivity contribution in [1.29, 1.82) is 0 Å². The van der Waals surface area contributed by atoms with E-state index in [1.165, 1.54) is 18.3 Å². The van der Waals surface area contributed by atoms with Crippen molar-refractivity contribution in [3.05, 3.63) is 93.5 Å². The van der Waals surface area contributed by atoms with Gasteiger partial charge in [0.05, 0.1) is 23.3 Å². The van der Waals surface area contributed by atoms with Gasteiger partial charge in [0, 0.05) is 17.8 Å². The Morgan fingerprint density at radius 1 is 1.09 bits per heavy atom. The van der Waals surface area contributed by atoms with Gasteiger partial charge >= 0.3 is 0 Å². The highest BCUT2D eigenvalue weighted by molar-refractivity contribution is 5.99. The summed E-state index contributed by atoms with van der Waals surface area (Å²) in [6.45, 7) is 2.50. The zero-order valence-corrected chi connectivity index (χ0v) is 17.4. The molecule has 0 aromatic heterocycles. The predicted octanol–water partition coefficient (Wildman–Crippen LogP) is 3.92. The second kappa shape index (κ2) is 10.6. The van der Waals surface area contributed by atoms with Crippen molar-refractivity contribution in [2.24, 2.45) is 5.10 Å². The lowest BCUT2D eigenvalue weighted by Gasteiger charge is -2.12. The molecule has 0 radical (unpaired) electrons. The number of hydrazone groups is 1. The van der Waals surface area contributed by atoms with Crippen LogP contribution in [0.1, 0.15) is 28.4 Å². The van der Waals surface area contributed by atoms with Crippen molar-refractivity contribution < 1.29 is 19.2 Å². The molecule has 3 rings (SSSR count). The zero-order chi connectivity index (χ0) is 22.9. The second-order valence-electron chi connectivity index (χ2n) is 6.64. The normalized spacial score (nSPS) is 10.7. The van der Waals surface area contributed by atoms with Crippen molar-refractivity contribution in [1.82, 2.24) is 5.43 Å². The van der Waals surface area contributed by atoms with E-state index in [0.717, 1.165) is 5.56 Å². The fourth-order valence-electron chi connectivity index (χ4n) is 2.80. The standard InChI is InChI=1S/C23H22N4O5/c1-2-31-22-13-17(14-25-26-23(28)19-5-3-4-6-20(19)24)9-12-21(22)32-15-16-7-10-18(11-8-16)27(29)30/h3-14H,2,15,24H2,1H3,(H,26,28). The lowest BCUT2D eigenvalue weighted by Crippen LogP contribution is -2.19. The fraction of sp³-hybridized carbons (Fsp3) is 0.130. The van der Waals surface area contributed by atoms with Crippen LogP contribution in [0.3, 0.4) is 0 Å². The number of ether oxygens (including phenoxy) is 2. The van der Waals surface area contributed by atoms with Gasteiger partial charge in [0.1, 0.15) is 6.61 Å². The first kappa shape index (κ1) is 22.3. The van der Waals surface area contributed by atoms with Crippen LogP contribution in [0.15, 0.2) is 71.8 Å². The van der Waals surface area contributed by atoms with Crippen LogP contribution in [-0.4, -0.2) is 23.7 Å². The molecule has 0 aliphatic heterocycles. The van der Waals surface area contributed by atoms with E-state index in [4.69, 9.17) is 15.2 Å². The van der Waals surface area contributed by atoms with Crippen LogP contribution in [0.2, 0.25) is 0 Å². The lowest BCUT2D eigenvalue weighted by molar-refractivity contribution is -0.384. The highest BCUT2D eigenvalue weighted by Crippen LogP contribution is 2.29. The van der Waals surface area contributed by atoms with E-state index in [0.29, 0.717) is 34.9 Å². The number of nitro benzene ring substituents is 1. The van der Waals surface area contributed by atoms with E-state index in [1.54, 1.807) is 54.6 Å². The number of anilines is 1. The van der Waals surface area contributed by atoms with Crippen molar-refractivity contribution in [2.75, 3.05) is 12.3 Å². The SMILES string of the molecule is CCOc1cc(C=NNC(=O)c2ccccc2N)ccc1OCc1ccc([N+](=O)[O-])cc1. The molecule has 0 atom stereocenters. The molecular formula is C23H22N4O5. The lowest BCUT2D eigenvalue weighted by atomic mass is 10.2. The van der Waals surface area contributed by atoms with E-state index in [9.17, 15) is 14.9 Å². The topological polar surface area (TPSA) is 129 Å². The van der Waals surface area contributed by atoms with Crippen LogP contribution in [0.25, 0.3) is 0 Å². The number of nitrogens with zero attached hydrogens (tertiary/aromatic N) is 2. The monoisotopic (exact) mass is 434 g/mol. The molecule has 0 saturated heterocycles. The number of benzene rings is 3. The summed E-state index contributed by atoms with van der Waals surface area (Å²) in [6.07, 6.45) is 1.49. The number of nitro groups is 1. The number of para-hydroxylation sites is 1. The van der Waals surface area contributed by atoms with Gasteiger partial charge in [-0.2, -0.15) is 5.10 Å². The molecule has 0 heterocycles. The Morgan fingerprint density at radius 3 is 2.53 bits per heavy atom. The highest BCUT2D eigenvalue weighted by atomic mass is 16.6. The first-order valence-corrected chi connectivity index (χ1v) is 9.79. The van der Waals surface area contributed by atoms with Crippen molar-refractivity contribution >= 4 is 23.5 Å². The van der Waals surface area contributed by atoms with Gasteiger partial charge in [-0.15, -0.1) is 0 Å². The maximum atomic E-state index is 12.2. The molecular weight excluding hydrogens is 412 g/mol. The Kier molecular flexibility index (Phi) is 7.37. The maximum absolute atomic E-state index is 12.2. The number of hydrogen-bond donors (Lipinski definition) is 2. The van der Waals surface area contributed by atoms with E-state index in [1.807, 2.05) is 6.92 Å². The van der Waals surface area contributed by atoms with Crippen LogP contribution < -0.4 is 20.6 Å². The average Bonchev–Trinajstić information content (AvgIpc) is 2.79. The number of hydrogen-bond acceptors (Lipinski definition) is 7. The Morgan fingerprint density at radius 2 is 1.84 bits per heavy atom. The Labute approximate surface area is 184 Å². The number of nitrogens with two attached hydrogens (primary N) is 1. The largest absolute Gasteiger partial charge is 0.490 e. The summed E-state index contributed by atoms with van der Waals surface area (Å²) in [5.41, 5.74) is 10.4. The van der Waals surface area contributed by atoms with Crippen LogP contribution in [0.5, 0.6) is 11.5 Å². The maximum Gasteiger partial charge on any atom is 0.273 e. The van der Waals surface area contributed by atoms with Crippen LogP contribution in [-0.2, 0) is 6.61 Å². The van der Waals surface area contributed by atoms with E-state index in [-0.39, 0.29) is 12.3 Å². The average molecular weight is 434 g/mol. The van der Waals surface area contributed by atoms with Gasteiger partial charge in [-0.05, 0) is 60.5 Å². The molecule has 0 saturated carbocycles. The quantitative estimate of drug-likeness (QED) is 0.227. The third-order valence-electron chi connectivity index (χ3n) is 4.39. The summed E-state index contributed by atoms with van der Waals surface area (Å²) in [5, 5.41) is 14.7. The molecule has 9 heteroatoms. The summed E-state index contributed by atoms with van der Waals surface area (Å²) in [5.74, 6) is 0.618. The molecule has 1 amide bonds. The summed E-state index contributed by atoms with van der Waals surface area (Å²) in [4.78, 5) is 22.5. The predicted molar refractivity (Wildman–Crippen MR) is 121 cm³/mol. The molecule has 164 valence electrons. The third-order valence-corrected chi connectivity index (χ3v) is 4.39. The van der Waals surface area contributed by atoms with Crippen molar-refractivity contribution in [3.63, 3.8) is 0 Å². The first-order chi connectivity index (χ1) is 15.5. The minimum Gasteiger partial charge on any atom is -0.490 e. The molecule has 0 spiro atoms. The van der Waals surface area contributed by atoms with E-state index < -0.39 is 10.8 Å². The second-order valence-corrected chi connectivity index (χ2v) is 6.64. The fourth-order valence-corrected chi connectivity index (χ4v) is 2.80. The molecule has 0 aliphatic carbocycles. The number of rotatable bonds is 9. The van der Waals surface area contributed by atoms with Gasteiger partial charge in [0.15, 0.2) is 11.5 Å². The van der Waals surface area contributed by atoms with Crippen LogP contribution in [0, 0.1) is 10.1 Å². The molecule has 0 aliphatic rings. The number of non-ortho nitro benzene ring substituents is 1. The molecule has 9 nitrogen and oxygen atoms in total. The van der Waals surface area contributed by atoms with Crippen molar-refractivity contribution in [3.8, 4) is 11.5 Å². The molecule has 0 unspecified atom stereocenters. The first-order valence-electron chi connectivity index (χ1n) is 9.79. The van der Waals surface area contributed by atoms with Gasteiger partial charge < -0.3 is 15.2 Å². The summed E-state index contributed by atoms with van der Waals surface area (Å²) < 4.78 is 11.5. The Hall–Kier alpha value is -4.40. The molecule has 0 fully saturated rings. The Balaban J connectivity index is 1.65. The molecule has 32 heavy (non-hydrogen) atoms. The van der Waals surface area contributed by atoms with E-state index >= 15 is 0 Å². The van der Waals surface area contributed by atoms with Crippen molar-refractivity contribution in [2.45, 2.75) is 13.5 Å². The molecule has 3 aromatic rings. The van der Waals surface area contributed by atoms with Gasteiger partial charge in [-0.3, -0.25) is 14.9 Å². The summed E-state index contributed by atoms with van der Waals surface area (Å²) in [6, 6.07) is 18.1. The highest BCUT2D eigenvalue weighted by Gasteiger charge is 2.09. The number of carbonyl (C=O) groups excluding carboxylic acids is 1. The number of nitrogens with one attached hydrogen (secondary N) is 1. The Bertz CT molecular complexity index is 1130. The van der Waals surface area contributed by atoms with Gasteiger partial charge in [-0.25, -0.2) is 5.43 Å². The smallest absolute Gasteiger partial charge is 0.273 e. The van der Waals surface area contributed by atoms with Crippen LogP contribution >= 0.6 is 0 Å². The molecule has 3 aromatic carbocycles. The molecule has 3 N–H and O–H groups in total.